The molecule has 0 aliphatic heterocycles. The maximum Gasteiger partial charge on any atom is 0.303 e. The molecule has 2 aliphatic carbocycles. The number of hydrogen-bond donors (Lipinski definition) is 2. The minimum absolute atomic E-state index is 0.133. The monoisotopic (exact) mass is 223 g/mol. The van der Waals surface area contributed by atoms with Crippen LogP contribution in [0.5, 0.6) is 0 Å². The minimum Gasteiger partial charge on any atom is -0.481 e. The average molecular weight is 223 g/mol. The van der Waals surface area contributed by atoms with Crippen LogP contribution in [0.3, 0.4) is 0 Å². The molecule has 1 fully saturated rings. The molecule has 0 aromatic rings. The predicted octanol–water partition coefficient (Wildman–Crippen LogP) is 2.17. The summed E-state index contributed by atoms with van der Waals surface area (Å²) in [6.07, 6.45) is 7.10. The van der Waals surface area contributed by atoms with Gasteiger partial charge in [0.05, 0.1) is 6.42 Å². The number of rotatable bonds is 5. The third-order valence-corrected chi connectivity index (χ3v) is 4.30. The Hall–Kier alpha value is -0.830. The maximum absolute atomic E-state index is 10.9. The molecule has 0 unspecified atom stereocenters. The first-order valence-corrected chi connectivity index (χ1v) is 6.22. The van der Waals surface area contributed by atoms with E-state index in [1.165, 1.54) is 24.8 Å². The summed E-state index contributed by atoms with van der Waals surface area (Å²) in [5.74, 6) is 0.417. The predicted molar refractivity (Wildman–Crippen MR) is 62.9 cm³/mol. The number of carboxylic acid groups (broad SMARTS) is 1. The van der Waals surface area contributed by atoms with E-state index in [1.54, 1.807) is 0 Å². The van der Waals surface area contributed by atoms with Gasteiger partial charge in [0.1, 0.15) is 0 Å². The van der Waals surface area contributed by atoms with Crippen LogP contribution in [0.4, 0.5) is 0 Å². The van der Waals surface area contributed by atoms with Gasteiger partial charge in [-0.05, 0) is 43.1 Å². The summed E-state index contributed by atoms with van der Waals surface area (Å²) in [4.78, 5) is 10.9. The van der Waals surface area contributed by atoms with Gasteiger partial charge in [-0.25, -0.2) is 0 Å². The van der Waals surface area contributed by atoms with E-state index in [-0.39, 0.29) is 11.8 Å². The number of fused-ring (bicyclic) bond motifs is 1. The van der Waals surface area contributed by atoms with Crippen molar-refractivity contribution < 1.29 is 9.90 Å². The van der Waals surface area contributed by atoms with E-state index in [9.17, 15) is 4.79 Å². The Labute approximate surface area is 96.7 Å². The highest BCUT2D eigenvalue weighted by Gasteiger charge is 2.54. The van der Waals surface area contributed by atoms with Crippen LogP contribution in [0.25, 0.3) is 0 Å². The number of carbonyl (C=O) groups is 1. The molecule has 90 valence electrons. The van der Waals surface area contributed by atoms with Crippen LogP contribution in [0.15, 0.2) is 11.6 Å². The molecule has 3 heteroatoms. The smallest absolute Gasteiger partial charge is 0.303 e. The van der Waals surface area contributed by atoms with Crippen LogP contribution in [-0.2, 0) is 4.79 Å². The molecular formula is C13H21NO2. The second-order valence-electron chi connectivity index (χ2n) is 5.41. The van der Waals surface area contributed by atoms with E-state index in [4.69, 9.17) is 10.8 Å². The van der Waals surface area contributed by atoms with Gasteiger partial charge < -0.3 is 10.8 Å². The summed E-state index contributed by atoms with van der Waals surface area (Å²) in [5.41, 5.74) is 7.19. The Balaban J connectivity index is 2.07. The third-order valence-electron chi connectivity index (χ3n) is 4.30. The van der Waals surface area contributed by atoms with Crippen molar-refractivity contribution in [2.75, 3.05) is 6.54 Å². The van der Waals surface area contributed by atoms with Crippen molar-refractivity contribution in [1.29, 1.82) is 0 Å². The highest BCUT2D eigenvalue weighted by Crippen LogP contribution is 2.59. The van der Waals surface area contributed by atoms with Gasteiger partial charge in [-0.3, -0.25) is 4.79 Å². The number of aliphatic carboxylic acids is 1. The van der Waals surface area contributed by atoms with E-state index in [0.717, 1.165) is 6.42 Å². The van der Waals surface area contributed by atoms with Gasteiger partial charge in [0.2, 0.25) is 0 Å². The Bertz CT molecular complexity index is 324. The number of nitrogens with two attached hydrogens (primary N) is 1. The van der Waals surface area contributed by atoms with Gasteiger partial charge >= 0.3 is 5.97 Å². The van der Waals surface area contributed by atoms with E-state index in [2.05, 4.69) is 13.0 Å². The van der Waals surface area contributed by atoms with E-state index in [0.29, 0.717) is 18.4 Å². The zero-order valence-electron chi connectivity index (χ0n) is 9.91. The molecule has 2 rings (SSSR count). The Morgan fingerprint density at radius 3 is 3.00 bits per heavy atom. The van der Waals surface area contributed by atoms with Crippen LogP contribution < -0.4 is 5.73 Å². The number of hydrogen-bond acceptors (Lipinski definition) is 2. The quantitative estimate of drug-likeness (QED) is 0.702. The molecule has 0 radical (unpaired) electrons. The molecule has 1 saturated carbocycles. The summed E-state index contributed by atoms with van der Waals surface area (Å²) in [7, 11) is 0. The lowest BCUT2D eigenvalue weighted by atomic mass is 9.53. The molecule has 16 heavy (non-hydrogen) atoms. The van der Waals surface area contributed by atoms with Crippen molar-refractivity contribution in [1.82, 2.24) is 0 Å². The average Bonchev–Trinajstić information content (AvgIpc) is 2.54. The van der Waals surface area contributed by atoms with Crippen molar-refractivity contribution in [3.05, 3.63) is 11.6 Å². The van der Waals surface area contributed by atoms with E-state index in [1.807, 2.05) is 0 Å². The first-order chi connectivity index (χ1) is 7.61. The van der Waals surface area contributed by atoms with Crippen molar-refractivity contribution >= 4 is 5.97 Å². The molecular weight excluding hydrogens is 202 g/mol. The van der Waals surface area contributed by atoms with Crippen LogP contribution in [0.1, 0.15) is 39.0 Å². The van der Waals surface area contributed by atoms with E-state index < -0.39 is 5.97 Å². The highest BCUT2D eigenvalue weighted by atomic mass is 16.4. The number of allylic oxidation sites excluding steroid dienone is 2. The molecule has 3 N–H and O–H groups in total. The van der Waals surface area contributed by atoms with Gasteiger partial charge in [0.25, 0.3) is 0 Å². The largest absolute Gasteiger partial charge is 0.481 e. The summed E-state index contributed by atoms with van der Waals surface area (Å²) >= 11 is 0. The molecule has 0 aromatic heterocycles. The topological polar surface area (TPSA) is 63.3 Å². The minimum atomic E-state index is -0.707. The zero-order chi connectivity index (χ0) is 11.8. The fourth-order valence-electron chi connectivity index (χ4n) is 3.58. The van der Waals surface area contributed by atoms with Gasteiger partial charge in [0, 0.05) is 0 Å². The molecule has 0 saturated heterocycles. The second kappa shape index (κ2) is 4.21. The summed E-state index contributed by atoms with van der Waals surface area (Å²) in [6.45, 7) is 2.70. The van der Waals surface area contributed by atoms with Gasteiger partial charge in [0.15, 0.2) is 0 Å². The Morgan fingerprint density at radius 1 is 1.69 bits per heavy atom. The molecule has 0 spiro atoms. The first kappa shape index (κ1) is 11.6. The van der Waals surface area contributed by atoms with Gasteiger partial charge in [-0.1, -0.05) is 25.0 Å². The first-order valence-electron chi connectivity index (χ1n) is 6.22. The Morgan fingerprint density at radius 2 is 2.44 bits per heavy atom. The third kappa shape index (κ3) is 1.77. The van der Waals surface area contributed by atoms with Crippen LogP contribution >= 0.6 is 0 Å². The number of carboxylic acids is 1. The Kier molecular flexibility index (Phi) is 3.06. The molecule has 0 aromatic carbocycles. The SMILES string of the molecule is CCCC1=C[C@H]2[C@H](C1)C[C@@]2(CN)CC(=O)O. The molecule has 3 atom stereocenters. The fourth-order valence-corrected chi connectivity index (χ4v) is 3.58. The summed E-state index contributed by atoms with van der Waals surface area (Å²) in [6, 6.07) is 0. The van der Waals surface area contributed by atoms with Crippen LogP contribution in [0, 0.1) is 17.3 Å². The molecule has 0 amide bonds. The molecule has 0 heterocycles. The highest BCUT2D eigenvalue weighted by molar-refractivity contribution is 5.68. The van der Waals surface area contributed by atoms with Crippen molar-refractivity contribution in [2.24, 2.45) is 23.0 Å². The van der Waals surface area contributed by atoms with E-state index >= 15 is 0 Å². The lowest BCUT2D eigenvalue weighted by Crippen LogP contribution is -2.51. The summed E-state index contributed by atoms with van der Waals surface area (Å²) in [5, 5.41) is 8.96. The molecule has 0 bridgehead atoms. The lowest BCUT2D eigenvalue weighted by Gasteiger charge is -2.51. The second-order valence-corrected chi connectivity index (χ2v) is 5.41. The zero-order valence-corrected chi connectivity index (χ0v) is 9.91. The van der Waals surface area contributed by atoms with Crippen molar-refractivity contribution in [2.45, 2.75) is 39.0 Å². The fraction of sp³-hybridized carbons (Fsp3) is 0.769. The van der Waals surface area contributed by atoms with Crippen LogP contribution in [-0.4, -0.2) is 17.6 Å². The standard InChI is InChI=1S/C13H21NO2/c1-2-3-9-4-10-6-13(8-14,7-12(15)16)11(10)5-9/h5,10-11H,2-4,6-8,14H2,1H3,(H,15,16)/t10-,11+,13+/m1/s1. The van der Waals surface area contributed by atoms with Crippen molar-refractivity contribution in [3.8, 4) is 0 Å². The maximum atomic E-state index is 10.9. The summed E-state index contributed by atoms with van der Waals surface area (Å²) < 4.78 is 0. The van der Waals surface area contributed by atoms with Gasteiger partial charge in [-0.15, -0.1) is 0 Å². The van der Waals surface area contributed by atoms with Crippen molar-refractivity contribution in [3.63, 3.8) is 0 Å². The van der Waals surface area contributed by atoms with Gasteiger partial charge in [-0.2, -0.15) is 0 Å². The van der Waals surface area contributed by atoms with Crippen LogP contribution in [0.2, 0.25) is 0 Å². The normalized spacial score (nSPS) is 36.5. The lowest BCUT2D eigenvalue weighted by molar-refractivity contribution is -0.144. The molecule has 2 aliphatic rings. The molecule has 3 nitrogen and oxygen atoms in total.